The number of hydrogen-bond acceptors (Lipinski definition) is 3. The Hall–Kier alpha value is -1.44. The van der Waals surface area contributed by atoms with Crippen molar-refractivity contribution >= 4 is 17.7 Å². The third kappa shape index (κ3) is 4.26. The molecule has 4 heteroatoms. The van der Waals surface area contributed by atoms with Crippen LogP contribution in [-0.2, 0) is 0 Å². The molecule has 0 saturated heterocycles. The second-order valence-electron chi connectivity index (χ2n) is 5.37. The maximum absolute atomic E-state index is 12.2. The van der Waals surface area contributed by atoms with Gasteiger partial charge in [-0.25, -0.2) is 0 Å². The number of aliphatic hydroxyl groups excluding tert-OH is 1. The Morgan fingerprint density at radius 2 is 2.24 bits per heavy atom. The molecular formula is C17H21NO2S. The summed E-state index contributed by atoms with van der Waals surface area (Å²) < 4.78 is 0.278. The fraction of sp³-hybridized carbons (Fsp3) is 0.471. The van der Waals surface area contributed by atoms with Crippen LogP contribution < -0.4 is 5.32 Å². The molecule has 21 heavy (non-hydrogen) atoms. The number of rotatable bonds is 5. The molecular weight excluding hydrogens is 282 g/mol. The van der Waals surface area contributed by atoms with Gasteiger partial charge in [0.25, 0.3) is 5.91 Å². The first-order chi connectivity index (χ1) is 10.1. The summed E-state index contributed by atoms with van der Waals surface area (Å²) in [6.45, 7) is 2.76. The van der Waals surface area contributed by atoms with Crippen molar-refractivity contribution in [2.24, 2.45) is 0 Å². The Morgan fingerprint density at radius 1 is 1.48 bits per heavy atom. The summed E-state index contributed by atoms with van der Waals surface area (Å²) in [5, 5.41) is 11.7. The van der Waals surface area contributed by atoms with Crippen LogP contribution in [0.25, 0.3) is 0 Å². The lowest BCUT2D eigenvalue weighted by Crippen LogP contribution is -2.31. The van der Waals surface area contributed by atoms with Crippen LogP contribution in [0.3, 0.4) is 0 Å². The highest BCUT2D eigenvalue weighted by Gasteiger charge is 2.41. The van der Waals surface area contributed by atoms with E-state index in [4.69, 9.17) is 5.11 Å². The summed E-state index contributed by atoms with van der Waals surface area (Å²) in [5.41, 5.74) is 2.57. The number of nitrogens with one attached hydrogen (secondary N) is 1. The fourth-order valence-corrected chi connectivity index (χ4v) is 2.82. The van der Waals surface area contributed by atoms with Crippen LogP contribution in [0, 0.1) is 18.8 Å². The van der Waals surface area contributed by atoms with Crippen molar-refractivity contribution in [3.05, 3.63) is 34.9 Å². The van der Waals surface area contributed by atoms with Gasteiger partial charge >= 0.3 is 0 Å². The standard InChI is InChI=1S/C17H21NO2S/c1-13-11-15(7-6-14(13)5-3-4-10-19)16(20)18-12-17(21-2)8-9-17/h6-7,11,19H,4,8-10,12H2,1-2H3,(H,18,20). The summed E-state index contributed by atoms with van der Waals surface area (Å²) in [6.07, 6.45) is 4.95. The lowest BCUT2D eigenvalue weighted by atomic mass is 10.0. The van der Waals surface area contributed by atoms with E-state index in [1.165, 1.54) is 12.8 Å². The van der Waals surface area contributed by atoms with E-state index in [0.717, 1.165) is 17.7 Å². The Kier molecular flexibility index (Phi) is 5.33. The average Bonchev–Trinajstić information content (AvgIpc) is 3.27. The molecule has 0 bridgehead atoms. The summed E-state index contributed by atoms with van der Waals surface area (Å²) in [7, 11) is 0. The van der Waals surface area contributed by atoms with Gasteiger partial charge in [0.15, 0.2) is 0 Å². The highest BCUT2D eigenvalue weighted by molar-refractivity contribution is 8.00. The van der Waals surface area contributed by atoms with Crippen molar-refractivity contribution in [1.82, 2.24) is 5.32 Å². The minimum atomic E-state index is -0.0201. The molecule has 0 aromatic heterocycles. The third-order valence-electron chi connectivity index (χ3n) is 3.76. The molecule has 0 heterocycles. The van der Waals surface area contributed by atoms with Gasteiger partial charge in [-0.05, 0) is 49.8 Å². The first-order valence-corrected chi connectivity index (χ1v) is 8.36. The zero-order valence-electron chi connectivity index (χ0n) is 12.5. The molecule has 0 spiro atoms. The highest BCUT2D eigenvalue weighted by Crippen LogP contribution is 2.46. The van der Waals surface area contributed by atoms with Gasteiger partial charge in [0.05, 0.1) is 6.61 Å². The maximum atomic E-state index is 12.2. The molecule has 1 amide bonds. The number of thioether (sulfide) groups is 1. The summed E-state index contributed by atoms with van der Waals surface area (Å²) in [4.78, 5) is 12.2. The molecule has 2 rings (SSSR count). The molecule has 1 aromatic carbocycles. The van der Waals surface area contributed by atoms with E-state index in [-0.39, 0.29) is 17.3 Å². The van der Waals surface area contributed by atoms with Crippen LogP contribution in [0.15, 0.2) is 18.2 Å². The van der Waals surface area contributed by atoms with Crippen LogP contribution >= 0.6 is 11.8 Å². The van der Waals surface area contributed by atoms with Gasteiger partial charge in [-0.1, -0.05) is 11.8 Å². The van der Waals surface area contributed by atoms with E-state index in [0.29, 0.717) is 12.0 Å². The zero-order valence-corrected chi connectivity index (χ0v) is 13.3. The van der Waals surface area contributed by atoms with Gasteiger partial charge in [0, 0.05) is 28.8 Å². The first-order valence-electron chi connectivity index (χ1n) is 7.14. The van der Waals surface area contributed by atoms with E-state index in [9.17, 15) is 4.79 Å². The monoisotopic (exact) mass is 303 g/mol. The quantitative estimate of drug-likeness (QED) is 0.821. The number of aliphatic hydroxyl groups is 1. The molecule has 3 nitrogen and oxygen atoms in total. The Bertz CT molecular complexity index is 582. The highest BCUT2D eigenvalue weighted by atomic mass is 32.2. The molecule has 0 radical (unpaired) electrons. The molecule has 1 saturated carbocycles. The second kappa shape index (κ2) is 7.02. The van der Waals surface area contributed by atoms with Gasteiger partial charge in [-0.15, -0.1) is 0 Å². The summed E-state index contributed by atoms with van der Waals surface area (Å²) in [5.74, 6) is 5.89. The fourth-order valence-electron chi connectivity index (χ4n) is 2.09. The van der Waals surface area contributed by atoms with Gasteiger partial charge in [-0.3, -0.25) is 4.79 Å². The number of carbonyl (C=O) groups excluding carboxylic acids is 1. The number of hydrogen-bond donors (Lipinski definition) is 2. The van der Waals surface area contributed by atoms with Gasteiger partial charge in [0.1, 0.15) is 0 Å². The Morgan fingerprint density at radius 3 is 2.81 bits per heavy atom. The third-order valence-corrected chi connectivity index (χ3v) is 5.18. The van der Waals surface area contributed by atoms with E-state index < -0.39 is 0 Å². The SMILES string of the molecule is CSC1(CNC(=O)c2ccc(C#CCCO)c(C)c2)CC1. The predicted octanol–water partition coefficient (Wildman–Crippen LogP) is 2.35. The van der Waals surface area contributed by atoms with Crippen molar-refractivity contribution in [3.8, 4) is 11.8 Å². The van der Waals surface area contributed by atoms with Gasteiger partial charge in [-0.2, -0.15) is 11.8 Å². The Labute approximate surface area is 130 Å². The van der Waals surface area contributed by atoms with Crippen molar-refractivity contribution < 1.29 is 9.90 Å². The molecule has 0 atom stereocenters. The van der Waals surface area contributed by atoms with Crippen LogP contribution in [0.5, 0.6) is 0 Å². The number of aryl methyl sites for hydroxylation is 1. The number of benzene rings is 1. The van der Waals surface area contributed by atoms with Crippen molar-refractivity contribution in [3.63, 3.8) is 0 Å². The van der Waals surface area contributed by atoms with Crippen molar-refractivity contribution in [2.75, 3.05) is 19.4 Å². The Balaban J connectivity index is 1.99. The second-order valence-corrected chi connectivity index (χ2v) is 6.65. The van der Waals surface area contributed by atoms with Gasteiger partial charge < -0.3 is 10.4 Å². The van der Waals surface area contributed by atoms with Crippen LogP contribution in [0.1, 0.15) is 40.7 Å². The molecule has 1 aromatic rings. The lowest BCUT2D eigenvalue weighted by Gasteiger charge is -2.13. The average molecular weight is 303 g/mol. The first kappa shape index (κ1) is 15.9. The minimum absolute atomic E-state index is 0.0201. The lowest BCUT2D eigenvalue weighted by molar-refractivity contribution is 0.0953. The zero-order chi connectivity index (χ0) is 15.3. The molecule has 1 fully saturated rings. The molecule has 2 N–H and O–H groups in total. The van der Waals surface area contributed by atoms with Crippen molar-refractivity contribution in [2.45, 2.75) is 30.9 Å². The predicted molar refractivity (Wildman–Crippen MR) is 87.6 cm³/mol. The van der Waals surface area contributed by atoms with E-state index in [1.807, 2.05) is 36.9 Å². The smallest absolute Gasteiger partial charge is 0.251 e. The maximum Gasteiger partial charge on any atom is 0.251 e. The van der Waals surface area contributed by atoms with Crippen LogP contribution in [0.4, 0.5) is 0 Å². The number of amides is 1. The van der Waals surface area contributed by atoms with Crippen LogP contribution in [-0.4, -0.2) is 35.2 Å². The molecule has 1 aliphatic carbocycles. The molecule has 112 valence electrons. The largest absolute Gasteiger partial charge is 0.395 e. The minimum Gasteiger partial charge on any atom is -0.395 e. The van der Waals surface area contributed by atoms with E-state index in [2.05, 4.69) is 23.4 Å². The molecule has 0 aliphatic heterocycles. The summed E-state index contributed by atoms with van der Waals surface area (Å²) >= 11 is 1.84. The van der Waals surface area contributed by atoms with E-state index in [1.54, 1.807) is 0 Å². The normalized spacial score (nSPS) is 15.0. The van der Waals surface area contributed by atoms with Crippen molar-refractivity contribution in [1.29, 1.82) is 0 Å². The molecule has 0 unspecified atom stereocenters. The van der Waals surface area contributed by atoms with Gasteiger partial charge in [0.2, 0.25) is 0 Å². The topological polar surface area (TPSA) is 49.3 Å². The van der Waals surface area contributed by atoms with E-state index >= 15 is 0 Å². The number of carbonyl (C=O) groups is 1. The summed E-state index contributed by atoms with van der Waals surface area (Å²) in [6, 6.07) is 5.55. The molecule has 1 aliphatic rings. The van der Waals surface area contributed by atoms with Crippen LogP contribution in [0.2, 0.25) is 0 Å².